The molecule has 0 aromatic heterocycles. The monoisotopic (exact) mass is 284 g/mol. The van der Waals surface area contributed by atoms with Gasteiger partial charge in [0.1, 0.15) is 0 Å². The van der Waals surface area contributed by atoms with Gasteiger partial charge in [-0.1, -0.05) is 0 Å². The fourth-order valence-electron chi connectivity index (χ4n) is 1.30. The van der Waals surface area contributed by atoms with Crippen molar-refractivity contribution in [3.63, 3.8) is 0 Å². The van der Waals surface area contributed by atoms with Gasteiger partial charge in [-0.2, -0.15) is 20.8 Å². The van der Waals surface area contributed by atoms with Crippen molar-refractivity contribution in [3.8, 4) is 12.1 Å². The first-order valence-corrected chi connectivity index (χ1v) is 6.15. The number of hydrogen-bond acceptors (Lipinski definition) is 8. The van der Waals surface area contributed by atoms with E-state index in [9.17, 15) is 0 Å². The SMILES string of the molecule is CC(C#N)(CCC(O)O)N=NC(C)(C#N)CCC(O)O. The van der Waals surface area contributed by atoms with Gasteiger partial charge in [0.25, 0.3) is 0 Å². The highest BCUT2D eigenvalue weighted by Gasteiger charge is 2.29. The van der Waals surface area contributed by atoms with Gasteiger partial charge in [-0.15, -0.1) is 0 Å². The van der Waals surface area contributed by atoms with Crippen molar-refractivity contribution in [1.82, 2.24) is 0 Å². The van der Waals surface area contributed by atoms with E-state index in [0.29, 0.717) is 0 Å². The lowest BCUT2D eigenvalue weighted by Gasteiger charge is -2.20. The van der Waals surface area contributed by atoms with Gasteiger partial charge in [0.05, 0.1) is 12.1 Å². The standard InChI is InChI=1S/C12H20N4O4/c1-11(7-13,5-3-9(17)18)15-16-12(2,8-14)6-4-10(19)20/h9-10,17-20H,3-6H2,1-2H3. The first kappa shape index (κ1) is 18.4. The largest absolute Gasteiger partial charge is 0.368 e. The van der Waals surface area contributed by atoms with E-state index in [2.05, 4.69) is 10.2 Å². The molecular weight excluding hydrogens is 264 g/mol. The molecule has 0 saturated carbocycles. The summed E-state index contributed by atoms with van der Waals surface area (Å²) in [6, 6.07) is 3.81. The second-order valence-corrected chi connectivity index (χ2v) is 5.01. The van der Waals surface area contributed by atoms with E-state index in [1.807, 2.05) is 12.1 Å². The molecule has 0 aliphatic rings. The summed E-state index contributed by atoms with van der Waals surface area (Å²) in [7, 11) is 0. The summed E-state index contributed by atoms with van der Waals surface area (Å²) >= 11 is 0. The summed E-state index contributed by atoms with van der Waals surface area (Å²) in [6.45, 7) is 2.94. The Balaban J connectivity index is 4.84. The minimum Gasteiger partial charge on any atom is -0.368 e. The molecule has 2 unspecified atom stereocenters. The van der Waals surface area contributed by atoms with E-state index in [0.717, 1.165) is 0 Å². The molecule has 8 nitrogen and oxygen atoms in total. The van der Waals surface area contributed by atoms with Gasteiger partial charge in [0.2, 0.25) is 0 Å². The maximum absolute atomic E-state index is 9.06. The van der Waals surface area contributed by atoms with Gasteiger partial charge < -0.3 is 20.4 Å². The lowest BCUT2D eigenvalue weighted by molar-refractivity contribution is -0.0496. The smallest absolute Gasteiger partial charge is 0.164 e. The van der Waals surface area contributed by atoms with Crippen LogP contribution in [0.3, 0.4) is 0 Å². The van der Waals surface area contributed by atoms with Crippen LogP contribution in [0.15, 0.2) is 10.2 Å². The molecule has 0 amide bonds. The van der Waals surface area contributed by atoms with Crippen molar-refractivity contribution in [1.29, 1.82) is 10.5 Å². The zero-order chi connectivity index (χ0) is 15.8. The average Bonchev–Trinajstić information content (AvgIpc) is 2.41. The summed E-state index contributed by atoms with van der Waals surface area (Å²) in [4.78, 5) is 0. The molecule has 20 heavy (non-hydrogen) atoms. The highest BCUT2D eigenvalue weighted by Crippen LogP contribution is 2.24. The topological polar surface area (TPSA) is 153 Å². The molecule has 112 valence electrons. The Labute approximate surface area is 117 Å². The first-order valence-electron chi connectivity index (χ1n) is 6.15. The Morgan fingerprint density at radius 2 is 1.15 bits per heavy atom. The van der Waals surface area contributed by atoms with Gasteiger partial charge in [0, 0.05) is 12.8 Å². The Bertz CT molecular complexity index is 375. The summed E-state index contributed by atoms with van der Waals surface area (Å²) in [5.41, 5.74) is -2.53. The number of hydrogen-bond donors (Lipinski definition) is 4. The normalized spacial score (nSPS) is 17.7. The van der Waals surface area contributed by atoms with Gasteiger partial charge in [-0.25, -0.2) is 0 Å². The molecule has 0 spiro atoms. The Kier molecular flexibility index (Phi) is 7.25. The van der Waals surface area contributed by atoms with Crippen molar-refractivity contribution in [3.05, 3.63) is 0 Å². The molecule has 0 aliphatic heterocycles. The third-order valence-electron chi connectivity index (χ3n) is 2.75. The molecule has 0 aromatic carbocycles. The number of rotatable bonds is 8. The van der Waals surface area contributed by atoms with Crippen LogP contribution in [0.25, 0.3) is 0 Å². The first-order chi connectivity index (χ1) is 9.16. The second kappa shape index (κ2) is 7.88. The van der Waals surface area contributed by atoms with Crippen LogP contribution in [-0.2, 0) is 0 Å². The van der Waals surface area contributed by atoms with Crippen LogP contribution in [0, 0.1) is 22.7 Å². The van der Waals surface area contributed by atoms with Gasteiger partial charge in [-0.3, -0.25) is 0 Å². The molecule has 0 fully saturated rings. The van der Waals surface area contributed by atoms with Crippen molar-refractivity contribution < 1.29 is 20.4 Å². The molecule has 2 atom stereocenters. The highest BCUT2D eigenvalue weighted by atomic mass is 16.5. The van der Waals surface area contributed by atoms with Crippen LogP contribution < -0.4 is 0 Å². The molecule has 4 N–H and O–H groups in total. The predicted molar refractivity (Wildman–Crippen MR) is 67.8 cm³/mol. The molecule has 0 rings (SSSR count). The molecule has 0 radical (unpaired) electrons. The van der Waals surface area contributed by atoms with E-state index in [4.69, 9.17) is 30.9 Å². The summed E-state index contributed by atoms with van der Waals surface area (Å²) in [5, 5.41) is 60.9. The van der Waals surface area contributed by atoms with Crippen LogP contribution in [0.1, 0.15) is 39.5 Å². The quantitative estimate of drug-likeness (QED) is 0.368. The average molecular weight is 284 g/mol. The number of nitriles is 2. The van der Waals surface area contributed by atoms with Crippen LogP contribution in [0.2, 0.25) is 0 Å². The van der Waals surface area contributed by atoms with E-state index in [-0.39, 0.29) is 25.7 Å². The van der Waals surface area contributed by atoms with E-state index >= 15 is 0 Å². The minimum atomic E-state index is -1.54. The fourth-order valence-corrected chi connectivity index (χ4v) is 1.30. The van der Waals surface area contributed by atoms with Crippen molar-refractivity contribution in [2.45, 2.75) is 63.2 Å². The molecule has 0 saturated heterocycles. The van der Waals surface area contributed by atoms with Crippen LogP contribution >= 0.6 is 0 Å². The zero-order valence-corrected chi connectivity index (χ0v) is 11.6. The van der Waals surface area contributed by atoms with Crippen LogP contribution in [0.5, 0.6) is 0 Å². The van der Waals surface area contributed by atoms with Crippen LogP contribution in [-0.4, -0.2) is 44.1 Å². The lowest BCUT2D eigenvalue weighted by Crippen LogP contribution is -2.26. The van der Waals surface area contributed by atoms with E-state index in [1.165, 1.54) is 13.8 Å². The predicted octanol–water partition coefficient (Wildman–Crippen LogP) is 0.185. The number of aliphatic hydroxyl groups excluding tert-OH is 2. The fraction of sp³-hybridized carbons (Fsp3) is 0.833. The van der Waals surface area contributed by atoms with Crippen molar-refractivity contribution in [2.24, 2.45) is 10.2 Å². The lowest BCUT2D eigenvalue weighted by atomic mass is 9.97. The Hall–Kier alpha value is -1.58. The third-order valence-corrected chi connectivity index (χ3v) is 2.75. The minimum absolute atomic E-state index is 0.0400. The van der Waals surface area contributed by atoms with Gasteiger partial charge in [0.15, 0.2) is 23.7 Å². The van der Waals surface area contributed by atoms with Crippen molar-refractivity contribution >= 4 is 0 Å². The van der Waals surface area contributed by atoms with Gasteiger partial charge >= 0.3 is 0 Å². The Morgan fingerprint density at radius 3 is 1.35 bits per heavy atom. The zero-order valence-electron chi connectivity index (χ0n) is 11.6. The second-order valence-electron chi connectivity index (χ2n) is 5.01. The molecular formula is C12H20N4O4. The number of azo groups is 1. The molecule has 0 bridgehead atoms. The number of aliphatic hydroxyl groups is 4. The maximum atomic E-state index is 9.06. The summed E-state index contributed by atoms with van der Waals surface area (Å²) in [5.74, 6) is 0. The molecule has 0 heterocycles. The summed E-state index contributed by atoms with van der Waals surface area (Å²) < 4.78 is 0. The van der Waals surface area contributed by atoms with E-state index < -0.39 is 23.7 Å². The van der Waals surface area contributed by atoms with Crippen molar-refractivity contribution in [2.75, 3.05) is 0 Å². The molecule has 0 aromatic rings. The number of nitrogens with zero attached hydrogens (tertiary/aromatic N) is 4. The molecule has 0 aliphatic carbocycles. The van der Waals surface area contributed by atoms with Crippen LogP contribution in [0.4, 0.5) is 0 Å². The summed E-state index contributed by atoms with van der Waals surface area (Å²) in [6.07, 6.45) is -3.00. The van der Waals surface area contributed by atoms with Gasteiger partial charge in [-0.05, 0) is 26.7 Å². The Morgan fingerprint density at radius 1 is 0.850 bits per heavy atom. The van der Waals surface area contributed by atoms with E-state index in [1.54, 1.807) is 0 Å². The maximum Gasteiger partial charge on any atom is 0.164 e. The molecule has 8 heteroatoms. The third kappa shape index (κ3) is 7.12. The highest BCUT2D eigenvalue weighted by molar-refractivity contribution is 5.07.